The molecular formula is C28H22F6N2O2. The highest BCUT2D eigenvalue weighted by molar-refractivity contribution is 5.98. The Balaban J connectivity index is 1.53. The van der Waals surface area contributed by atoms with Crippen LogP contribution in [0.1, 0.15) is 34.5 Å². The van der Waals surface area contributed by atoms with Gasteiger partial charge < -0.3 is 15.1 Å². The van der Waals surface area contributed by atoms with Crippen LogP contribution in [-0.4, -0.2) is 29.8 Å². The van der Waals surface area contributed by atoms with Crippen LogP contribution in [0.3, 0.4) is 0 Å². The zero-order chi connectivity index (χ0) is 27.2. The van der Waals surface area contributed by atoms with Gasteiger partial charge in [0.05, 0.1) is 12.1 Å². The molecule has 1 fully saturated rings. The van der Waals surface area contributed by atoms with Gasteiger partial charge in [0.15, 0.2) is 0 Å². The molecule has 5 rings (SSSR count). The van der Waals surface area contributed by atoms with Crippen LogP contribution in [0.4, 0.5) is 26.3 Å². The average molecular weight is 532 g/mol. The second-order valence-corrected chi connectivity index (χ2v) is 9.31. The minimum atomic E-state index is -4.74. The molecule has 0 radical (unpaired) electrons. The number of nitrogens with zero attached hydrogens (tertiary/aromatic N) is 1. The number of likely N-dealkylation sites (tertiary alicyclic amines) is 1. The number of halogens is 6. The fourth-order valence-corrected chi connectivity index (χ4v) is 4.62. The molecule has 0 saturated carbocycles. The second kappa shape index (κ2) is 9.50. The standard InChI is InChI=1S/C28H22F6N2O2/c29-22-11-19(10-21(14-22)28(32,33)34)24-13-18(9-20-12-23(15-35)38-25(20)24)16-1-3-17(4-2-16)26(37)36-7-5-27(30,31)6-8-36/h1-4,9-14H,5-8,15,35H2. The molecule has 1 amide bonds. The molecule has 4 aromatic rings. The summed E-state index contributed by atoms with van der Waals surface area (Å²) in [7, 11) is 0. The lowest BCUT2D eigenvalue weighted by molar-refractivity contribution is -0.137. The van der Waals surface area contributed by atoms with Gasteiger partial charge in [0.25, 0.3) is 11.8 Å². The van der Waals surface area contributed by atoms with Crippen LogP contribution in [0.25, 0.3) is 33.2 Å². The maximum Gasteiger partial charge on any atom is 0.416 e. The van der Waals surface area contributed by atoms with Crippen LogP contribution in [0, 0.1) is 5.82 Å². The van der Waals surface area contributed by atoms with Crippen LogP contribution in [0.5, 0.6) is 0 Å². The van der Waals surface area contributed by atoms with E-state index in [0.717, 1.165) is 12.1 Å². The van der Waals surface area contributed by atoms with E-state index in [1.165, 1.54) is 4.90 Å². The number of benzene rings is 3. The number of carbonyl (C=O) groups excluding carboxylic acids is 1. The molecule has 0 aliphatic carbocycles. The Labute approximate surface area is 213 Å². The normalized spacial score (nSPS) is 15.7. The van der Waals surface area contributed by atoms with Crippen LogP contribution in [0.2, 0.25) is 0 Å². The van der Waals surface area contributed by atoms with Crippen molar-refractivity contribution in [3.8, 4) is 22.3 Å². The summed E-state index contributed by atoms with van der Waals surface area (Å²) in [5, 5.41) is 0.560. The molecule has 4 nitrogen and oxygen atoms in total. The maximum absolute atomic E-state index is 14.2. The highest BCUT2D eigenvalue weighted by atomic mass is 19.4. The highest BCUT2D eigenvalue weighted by Crippen LogP contribution is 2.39. The van der Waals surface area contributed by atoms with Gasteiger partial charge in [0.2, 0.25) is 0 Å². The second-order valence-electron chi connectivity index (χ2n) is 9.31. The predicted octanol–water partition coefficient (Wildman–Crippen LogP) is 7.25. The summed E-state index contributed by atoms with van der Waals surface area (Å²) < 4.78 is 87.0. The number of amides is 1. The van der Waals surface area contributed by atoms with Crippen molar-refractivity contribution in [2.45, 2.75) is 31.5 Å². The summed E-state index contributed by atoms with van der Waals surface area (Å²) in [5.41, 5.74) is 6.62. The number of nitrogens with two attached hydrogens (primary N) is 1. The molecule has 0 unspecified atom stereocenters. The SMILES string of the molecule is NCc1cc2cc(-c3ccc(C(=O)N4CCC(F)(F)CC4)cc3)cc(-c3cc(F)cc(C(F)(F)F)c3)c2o1. The van der Waals surface area contributed by atoms with Crippen LogP contribution >= 0.6 is 0 Å². The van der Waals surface area contributed by atoms with Crippen molar-refractivity contribution in [3.63, 3.8) is 0 Å². The molecule has 1 aliphatic heterocycles. The van der Waals surface area contributed by atoms with Gasteiger partial charge in [0.1, 0.15) is 17.2 Å². The summed E-state index contributed by atoms with van der Waals surface area (Å²) in [6, 6.07) is 13.8. The van der Waals surface area contributed by atoms with Crippen molar-refractivity contribution in [2.24, 2.45) is 5.73 Å². The number of furan rings is 1. The monoisotopic (exact) mass is 532 g/mol. The third-order valence-corrected chi connectivity index (χ3v) is 6.65. The number of hydrogen-bond acceptors (Lipinski definition) is 3. The summed E-state index contributed by atoms with van der Waals surface area (Å²) in [4.78, 5) is 14.2. The molecule has 0 atom stereocenters. The van der Waals surface area contributed by atoms with Gasteiger partial charge in [0, 0.05) is 42.4 Å². The van der Waals surface area contributed by atoms with Gasteiger partial charge in [-0.2, -0.15) is 13.2 Å². The maximum atomic E-state index is 14.2. The minimum Gasteiger partial charge on any atom is -0.459 e. The Hall–Kier alpha value is -3.79. The molecule has 2 N–H and O–H groups in total. The Bertz CT molecular complexity index is 1500. The van der Waals surface area contributed by atoms with Crippen LogP contribution in [-0.2, 0) is 12.7 Å². The van der Waals surface area contributed by atoms with E-state index >= 15 is 0 Å². The molecule has 0 spiro atoms. The van der Waals surface area contributed by atoms with E-state index in [4.69, 9.17) is 10.2 Å². The molecular weight excluding hydrogens is 510 g/mol. The van der Waals surface area contributed by atoms with Crippen molar-refractivity contribution in [3.05, 3.63) is 83.4 Å². The van der Waals surface area contributed by atoms with Crippen molar-refractivity contribution in [1.29, 1.82) is 0 Å². The first-order valence-electron chi connectivity index (χ1n) is 11.9. The largest absolute Gasteiger partial charge is 0.459 e. The Morgan fingerprint density at radius 2 is 1.61 bits per heavy atom. The topological polar surface area (TPSA) is 59.5 Å². The first-order valence-corrected chi connectivity index (χ1v) is 11.9. The van der Waals surface area contributed by atoms with E-state index < -0.39 is 23.5 Å². The van der Waals surface area contributed by atoms with E-state index in [1.54, 1.807) is 42.5 Å². The van der Waals surface area contributed by atoms with Crippen molar-refractivity contribution < 1.29 is 35.6 Å². The van der Waals surface area contributed by atoms with E-state index in [-0.39, 0.29) is 55.1 Å². The zero-order valence-corrected chi connectivity index (χ0v) is 19.9. The van der Waals surface area contributed by atoms with Gasteiger partial charge in [-0.1, -0.05) is 12.1 Å². The number of alkyl halides is 5. The minimum absolute atomic E-state index is 0.0178. The quantitative estimate of drug-likeness (QED) is 0.282. The van der Waals surface area contributed by atoms with Crippen LogP contribution in [0.15, 0.2) is 65.1 Å². The van der Waals surface area contributed by atoms with Gasteiger partial charge in [-0.15, -0.1) is 0 Å². The van der Waals surface area contributed by atoms with Crippen LogP contribution < -0.4 is 5.73 Å². The van der Waals surface area contributed by atoms with Gasteiger partial charge >= 0.3 is 6.18 Å². The summed E-state index contributed by atoms with van der Waals surface area (Å²) in [6.45, 7) is -0.0180. The first kappa shape index (κ1) is 25.8. The van der Waals surface area contributed by atoms with Gasteiger partial charge in [-0.05, 0) is 65.2 Å². The molecule has 1 saturated heterocycles. The number of rotatable bonds is 4. The fourth-order valence-electron chi connectivity index (χ4n) is 4.62. The van der Waals surface area contributed by atoms with E-state index in [1.807, 2.05) is 0 Å². The Morgan fingerprint density at radius 3 is 2.24 bits per heavy atom. The smallest absolute Gasteiger partial charge is 0.416 e. The van der Waals surface area contributed by atoms with Crippen molar-refractivity contribution >= 4 is 16.9 Å². The molecule has 2 heterocycles. The molecule has 3 aromatic carbocycles. The third-order valence-electron chi connectivity index (χ3n) is 6.65. The number of fused-ring (bicyclic) bond motifs is 1. The lowest BCUT2D eigenvalue weighted by atomic mass is 9.95. The summed E-state index contributed by atoms with van der Waals surface area (Å²) in [6.07, 6.45) is -5.51. The Morgan fingerprint density at radius 1 is 0.921 bits per heavy atom. The molecule has 1 aromatic heterocycles. The number of piperidine rings is 1. The van der Waals surface area contributed by atoms with Gasteiger partial charge in [-0.3, -0.25) is 4.79 Å². The fraction of sp³-hybridized carbons (Fsp3) is 0.250. The van der Waals surface area contributed by atoms with Crippen molar-refractivity contribution in [2.75, 3.05) is 13.1 Å². The van der Waals surface area contributed by atoms with E-state index in [9.17, 15) is 31.1 Å². The van der Waals surface area contributed by atoms with E-state index in [0.29, 0.717) is 33.9 Å². The molecule has 198 valence electrons. The average Bonchev–Trinajstić information content (AvgIpc) is 3.30. The summed E-state index contributed by atoms with van der Waals surface area (Å²) >= 11 is 0. The van der Waals surface area contributed by atoms with Crippen molar-refractivity contribution in [1.82, 2.24) is 4.90 Å². The van der Waals surface area contributed by atoms with Gasteiger partial charge in [-0.25, -0.2) is 13.2 Å². The molecule has 10 heteroatoms. The molecule has 1 aliphatic rings. The molecule has 0 bridgehead atoms. The van der Waals surface area contributed by atoms with E-state index in [2.05, 4.69) is 0 Å². The number of hydrogen-bond donors (Lipinski definition) is 1. The lowest BCUT2D eigenvalue weighted by Gasteiger charge is -2.31. The lowest BCUT2D eigenvalue weighted by Crippen LogP contribution is -2.42. The number of carbonyl (C=O) groups is 1. The Kier molecular flexibility index (Phi) is 6.46. The zero-order valence-electron chi connectivity index (χ0n) is 19.9. The third kappa shape index (κ3) is 5.13. The summed E-state index contributed by atoms with van der Waals surface area (Å²) in [5.74, 6) is -3.77. The predicted molar refractivity (Wildman–Crippen MR) is 130 cm³/mol. The molecule has 38 heavy (non-hydrogen) atoms. The first-order chi connectivity index (χ1) is 17.9. The highest BCUT2D eigenvalue weighted by Gasteiger charge is 2.36.